The molecule has 2 unspecified atom stereocenters. The Bertz CT molecular complexity index is 137. The lowest BCUT2D eigenvalue weighted by Gasteiger charge is -2.32. The van der Waals surface area contributed by atoms with E-state index in [0.717, 1.165) is 19.4 Å². The van der Waals surface area contributed by atoms with Crippen molar-refractivity contribution in [2.75, 3.05) is 13.2 Å². The zero-order valence-corrected chi connectivity index (χ0v) is 8.34. The summed E-state index contributed by atoms with van der Waals surface area (Å²) < 4.78 is 5.33. The third kappa shape index (κ3) is 2.46. The summed E-state index contributed by atoms with van der Waals surface area (Å²) >= 11 is 0. The molecule has 12 heavy (non-hydrogen) atoms. The molecule has 0 saturated carbocycles. The van der Waals surface area contributed by atoms with Gasteiger partial charge in [-0.1, -0.05) is 20.8 Å². The highest BCUT2D eigenvalue weighted by atomic mass is 16.5. The molecule has 1 rings (SSSR count). The normalized spacial score (nSPS) is 33.0. The molecule has 1 heterocycles. The first-order valence-corrected chi connectivity index (χ1v) is 4.77. The van der Waals surface area contributed by atoms with E-state index in [9.17, 15) is 5.11 Å². The van der Waals surface area contributed by atoms with Crippen molar-refractivity contribution >= 4 is 0 Å². The van der Waals surface area contributed by atoms with E-state index in [1.54, 1.807) is 0 Å². The Balaban J connectivity index is 2.59. The Morgan fingerprint density at radius 2 is 1.75 bits per heavy atom. The first-order valence-electron chi connectivity index (χ1n) is 4.77. The van der Waals surface area contributed by atoms with Gasteiger partial charge in [0.2, 0.25) is 0 Å². The maximum Gasteiger partial charge on any atom is 0.0596 e. The zero-order valence-electron chi connectivity index (χ0n) is 8.34. The van der Waals surface area contributed by atoms with Crippen LogP contribution in [0.3, 0.4) is 0 Å². The van der Waals surface area contributed by atoms with Crippen molar-refractivity contribution in [3.8, 4) is 0 Å². The SMILES string of the molecule is CC(C)(C)C1CCOCCC1O. The topological polar surface area (TPSA) is 29.5 Å². The number of hydrogen-bond acceptors (Lipinski definition) is 2. The Morgan fingerprint density at radius 3 is 2.33 bits per heavy atom. The molecule has 0 amide bonds. The molecule has 0 aromatic rings. The van der Waals surface area contributed by atoms with Gasteiger partial charge in [-0.15, -0.1) is 0 Å². The molecule has 2 nitrogen and oxygen atoms in total. The minimum atomic E-state index is -0.174. The van der Waals surface area contributed by atoms with E-state index in [1.165, 1.54) is 0 Å². The second-order valence-corrected chi connectivity index (χ2v) is 4.73. The molecule has 0 radical (unpaired) electrons. The quantitative estimate of drug-likeness (QED) is 0.604. The molecule has 2 heteroatoms. The predicted octanol–water partition coefficient (Wildman–Crippen LogP) is 1.82. The predicted molar refractivity (Wildman–Crippen MR) is 49.0 cm³/mol. The molecule has 1 aliphatic heterocycles. The van der Waals surface area contributed by atoms with Gasteiger partial charge < -0.3 is 9.84 Å². The third-order valence-electron chi connectivity index (χ3n) is 2.71. The van der Waals surface area contributed by atoms with Gasteiger partial charge in [0.15, 0.2) is 0 Å². The molecule has 1 aliphatic rings. The average molecular weight is 172 g/mol. The highest BCUT2D eigenvalue weighted by Gasteiger charge is 2.31. The van der Waals surface area contributed by atoms with E-state index in [0.29, 0.717) is 12.5 Å². The first-order chi connectivity index (χ1) is 5.52. The molecule has 0 spiro atoms. The van der Waals surface area contributed by atoms with Gasteiger partial charge in [-0.25, -0.2) is 0 Å². The third-order valence-corrected chi connectivity index (χ3v) is 2.71. The van der Waals surface area contributed by atoms with Crippen LogP contribution in [0.4, 0.5) is 0 Å². The summed E-state index contributed by atoms with van der Waals surface area (Å²) in [7, 11) is 0. The molecule has 0 bridgehead atoms. The van der Waals surface area contributed by atoms with Crippen LogP contribution >= 0.6 is 0 Å². The lowest BCUT2D eigenvalue weighted by Crippen LogP contribution is -2.31. The molecule has 0 aromatic carbocycles. The van der Waals surface area contributed by atoms with Gasteiger partial charge in [-0.2, -0.15) is 0 Å². The van der Waals surface area contributed by atoms with E-state index >= 15 is 0 Å². The lowest BCUT2D eigenvalue weighted by molar-refractivity contribution is 0.0408. The van der Waals surface area contributed by atoms with Gasteiger partial charge >= 0.3 is 0 Å². The van der Waals surface area contributed by atoms with Crippen molar-refractivity contribution in [3.05, 3.63) is 0 Å². The maximum atomic E-state index is 9.80. The summed E-state index contributed by atoms with van der Waals surface area (Å²) in [6.07, 6.45) is 1.61. The van der Waals surface area contributed by atoms with Crippen LogP contribution in [0.25, 0.3) is 0 Å². The van der Waals surface area contributed by atoms with E-state index < -0.39 is 0 Å². The molecular formula is C10H20O2. The fraction of sp³-hybridized carbons (Fsp3) is 1.00. The van der Waals surface area contributed by atoms with Gasteiger partial charge in [0.05, 0.1) is 6.10 Å². The maximum absolute atomic E-state index is 9.80. The summed E-state index contributed by atoms with van der Waals surface area (Å²) in [4.78, 5) is 0. The Hall–Kier alpha value is -0.0800. The number of hydrogen-bond donors (Lipinski definition) is 1. The number of rotatable bonds is 0. The van der Waals surface area contributed by atoms with E-state index in [4.69, 9.17) is 4.74 Å². The highest BCUT2D eigenvalue weighted by molar-refractivity contribution is 4.81. The van der Waals surface area contributed by atoms with Crippen molar-refractivity contribution in [2.45, 2.75) is 39.7 Å². The summed E-state index contributed by atoms with van der Waals surface area (Å²) in [5.74, 6) is 0.389. The van der Waals surface area contributed by atoms with Crippen molar-refractivity contribution in [3.63, 3.8) is 0 Å². The fourth-order valence-corrected chi connectivity index (χ4v) is 1.92. The van der Waals surface area contributed by atoms with Crippen LogP contribution in [0.15, 0.2) is 0 Å². The fourth-order valence-electron chi connectivity index (χ4n) is 1.92. The summed E-state index contributed by atoms with van der Waals surface area (Å²) in [6, 6.07) is 0. The number of aliphatic hydroxyl groups excluding tert-OH is 1. The highest BCUT2D eigenvalue weighted by Crippen LogP contribution is 2.33. The van der Waals surface area contributed by atoms with E-state index in [-0.39, 0.29) is 11.5 Å². The second kappa shape index (κ2) is 3.75. The van der Waals surface area contributed by atoms with Crippen LogP contribution in [-0.2, 0) is 4.74 Å². The van der Waals surface area contributed by atoms with Gasteiger partial charge in [0.1, 0.15) is 0 Å². The van der Waals surface area contributed by atoms with Crippen LogP contribution in [0, 0.1) is 11.3 Å². The van der Waals surface area contributed by atoms with Crippen molar-refractivity contribution < 1.29 is 9.84 Å². The second-order valence-electron chi connectivity index (χ2n) is 4.73. The minimum absolute atomic E-state index is 0.174. The average Bonchev–Trinajstić information content (AvgIpc) is 2.11. The van der Waals surface area contributed by atoms with Gasteiger partial charge in [-0.05, 0) is 24.2 Å². The van der Waals surface area contributed by atoms with Crippen LogP contribution in [-0.4, -0.2) is 24.4 Å². The van der Waals surface area contributed by atoms with Gasteiger partial charge in [-0.3, -0.25) is 0 Å². The Labute approximate surface area is 74.9 Å². The van der Waals surface area contributed by atoms with Crippen LogP contribution in [0.5, 0.6) is 0 Å². The van der Waals surface area contributed by atoms with Crippen molar-refractivity contribution in [1.29, 1.82) is 0 Å². The molecule has 0 aromatic heterocycles. The molecular weight excluding hydrogens is 152 g/mol. The van der Waals surface area contributed by atoms with Gasteiger partial charge in [0.25, 0.3) is 0 Å². The molecule has 1 saturated heterocycles. The van der Waals surface area contributed by atoms with Gasteiger partial charge in [0, 0.05) is 13.2 Å². The van der Waals surface area contributed by atoms with Crippen LogP contribution < -0.4 is 0 Å². The standard InChI is InChI=1S/C10H20O2/c1-10(2,3)8-4-6-12-7-5-9(8)11/h8-9,11H,4-7H2,1-3H3. The molecule has 72 valence electrons. The van der Waals surface area contributed by atoms with E-state index in [1.807, 2.05) is 0 Å². The summed E-state index contributed by atoms with van der Waals surface area (Å²) in [5.41, 5.74) is 0.202. The first kappa shape index (κ1) is 10.0. The zero-order chi connectivity index (χ0) is 9.19. The van der Waals surface area contributed by atoms with Crippen LogP contribution in [0.1, 0.15) is 33.6 Å². The Kier molecular flexibility index (Phi) is 3.13. The number of ether oxygens (including phenoxy) is 1. The summed E-state index contributed by atoms with van der Waals surface area (Å²) in [6.45, 7) is 8.08. The molecule has 1 fully saturated rings. The van der Waals surface area contributed by atoms with E-state index in [2.05, 4.69) is 20.8 Å². The van der Waals surface area contributed by atoms with Crippen molar-refractivity contribution in [1.82, 2.24) is 0 Å². The smallest absolute Gasteiger partial charge is 0.0596 e. The molecule has 2 atom stereocenters. The van der Waals surface area contributed by atoms with Crippen molar-refractivity contribution in [2.24, 2.45) is 11.3 Å². The summed E-state index contributed by atoms with van der Waals surface area (Å²) in [5, 5.41) is 9.80. The molecule has 1 N–H and O–H groups in total. The minimum Gasteiger partial charge on any atom is -0.393 e. The number of aliphatic hydroxyl groups is 1. The monoisotopic (exact) mass is 172 g/mol. The lowest BCUT2D eigenvalue weighted by atomic mass is 9.75. The Morgan fingerprint density at radius 1 is 1.17 bits per heavy atom. The van der Waals surface area contributed by atoms with Crippen LogP contribution in [0.2, 0.25) is 0 Å². The largest absolute Gasteiger partial charge is 0.393 e. The molecule has 0 aliphatic carbocycles.